The summed E-state index contributed by atoms with van der Waals surface area (Å²) < 4.78 is 0. The van der Waals surface area contributed by atoms with Gasteiger partial charge in [0.25, 0.3) is 0 Å². The summed E-state index contributed by atoms with van der Waals surface area (Å²) in [5.41, 5.74) is 8.34. The number of nitrogens with one attached hydrogen (secondary N) is 1. The van der Waals surface area contributed by atoms with Crippen LogP contribution >= 0.6 is 12.4 Å². The highest BCUT2D eigenvalue weighted by Gasteiger charge is 2.40. The van der Waals surface area contributed by atoms with Crippen LogP contribution in [0.25, 0.3) is 0 Å². The van der Waals surface area contributed by atoms with Gasteiger partial charge in [0, 0.05) is 38.3 Å². The van der Waals surface area contributed by atoms with Crippen molar-refractivity contribution in [3.05, 3.63) is 29.8 Å². The molecule has 1 saturated heterocycles. The molecule has 3 atom stereocenters. The molecular weight excluding hydrogens is 286 g/mol. The van der Waals surface area contributed by atoms with Crippen LogP contribution in [-0.4, -0.2) is 29.9 Å². The molecule has 2 aliphatic rings. The molecule has 21 heavy (non-hydrogen) atoms. The second-order valence-electron chi connectivity index (χ2n) is 6.24. The standard InChI is InChI=1S/C16H23N3O.ClH/c1-11(20)18-14-5-2-12(3-6-14)8-19-9-13-4-7-16(17)15(13)10-19;/h2-3,5-6,13,15-16H,4,7-10,17H2,1H3,(H,18,20);1H. The Morgan fingerprint density at radius 2 is 2.00 bits per heavy atom. The summed E-state index contributed by atoms with van der Waals surface area (Å²) >= 11 is 0. The lowest BCUT2D eigenvalue weighted by Gasteiger charge is -2.18. The fraction of sp³-hybridized carbons (Fsp3) is 0.562. The zero-order valence-electron chi connectivity index (χ0n) is 12.4. The number of halogens is 1. The van der Waals surface area contributed by atoms with E-state index in [0.717, 1.165) is 24.7 Å². The lowest BCUT2D eigenvalue weighted by atomic mass is 9.98. The van der Waals surface area contributed by atoms with E-state index in [1.165, 1.54) is 31.9 Å². The summed E-state index contributed by atoms with van der Waals surface area (Å²) in [7, 11) is 0. The number of rotatable bonds is 3. The third-order valence-electron chi connectivity index (χ3n) is 4.67. The van der Waals surface area contributed by atoms with E-state index in [2.05, 4.69) is 22.3 Å². The van der Waals surface area contributed by atoms with E-state index in [-0.39, 0.29) is 18.3 Å². The van der Waals surface area contributed by atoms with Gasteiger partial charge >= 0.3 is 0 Å². The molecule has 1 amide bonds. The molecule has 0 spiro atoms. The molecular formula is C16H24ClN3O. The number of benzene rings is 1. The van der Waals surface area contributed by atoms with Gasteiger partial charge in [-0.3, -0.25) is 9.69 Å². The zero-order valence-corrected chi connectivity index (χ0v) is 13.2. The molecule has 1 aliphatic heterocycles. The highest BCUT2D eigenvalue weighted by atomic mass is 35.5. The molecule has 5 heteroatoms. The first-order chi connectivity index (χ1) is 9.61. The Labute approximate surface area is 132 Å². The summed E-state index contributed by atoms with van der Waals surface area (Å²) in [5.74, 6) is 1.48. The maximum atomic E-state index is 11.0. The number of carbonyl (C=O) groups is 1. The average molecular weight is 310 g/mol. The van der Waals surface area contributed by atoms with Crippen molar-refractivity contribution >= 4 is 24.0 Å². The van der Waals surface area contributed by atoms with Crippen molar-refractivity contribution in [3.8, 4) is 0 Å². The minimum Gasteiger partial charge on any atom is -0.327 e. The Morgan fingerprint density at radius 3 is 2.62 bits per heavy atom. The van der Waals surface area contributed by atoms with E-state index < -0.39 is 0 Å². The number of carbonyl (C=O) groups excluding carboxylic acids is 1. The lowest BCUT2D eigenvalue weighted by molar-refractivity contribution is -0.114. The molecule has 4 nitrogen and oxygen atoms in total. The van der Waals surface area contributed by atoms with Crippen LogP contribution in [0, 0.1) is 11.8 Å². The smallest absolute Gasteiger partial charge is 0.221 e. The number of nitrogens with two attached hydrogens (primary N) is 1. The molecule has 1 aromatic rings. The van der Waals surface area contributed by atoms with Crippen LogP contribution in [0.5, 0.6) is 0 Å². The lowest BCUT2D eigenvalue weighted by Crippen LogP contribution is -2.30. The highest BCUT2D eigenvalue weighted by Crippen LogP contribution is 2.37. The fourth-order valence-electron chi connectivity index (χ4n) is 3.68. The quantitative estimate of drug-likeness (QED) is 0.900. The molecule has 116 valence electrons. The Kier molecular flexibility index (Phi) is 5.25. The Hall–Kier alpha value is -1.10. The van der Waals surface area contributed by atoms with E-state index in [4.69, 9.17) is 5.73 Å². The third-order valence-corrected chi connectivity index (χ3v) is 4.67. The number of nitrogens with zero attached hydrogens (tertiary/aromatic N) is 1. The van der Waals surface area contributed by atoms with Crippen molar-refractivity contribution in [2.45, 2.75) is 32.4 Å². The van der Waals surface area contributed by atoms with Gasteiger partial charge in [-0.25, -0.2) is 0 Å². The van der Waals surface area contributed by atoms with Crippen LogP contribution in [0.4, 0.5) is 5.69 Å². The normalized spacial score (nSPS) is 28.0. The first-order valence-corrected chi connectivity index (χ1v) is 7.46. The Bertz CT molecular complexity index is 491. The van der Waals surface area contributed by atoms with Crippen LogP contribution in [-0.2, 0) is 11.3 Å². The van der Waals surface area contributed by atoms with E-state index >= 15 is 0 Å². The Morgan fingerprint density at radius 1 is 1.29 bits per heavy atom. The third kappa shape index (κ3) is 3.76. The summed E-state index contributed by atoms with van der Waals surface area (Å²) in [6.07, 6.45) is 2.50. The van der Waals surface area contributed by atoms with Crippen molar-refractivity contribution in [3.63, 3.8) is 0 Å². The molecule has 0 radical (unpaired) electrons. The largest absolute Gasteiger partial charge is 0.327 e. The summed E-state index contributed by atoms with van der Waals surface area (Å²) in [5, 5.41) is 2.79. The molecule has 1 aliphatic carbocycles. The molecule has 3 unspecified atom stereocenters. The van der Waals surface area contributed by atoms with Crippen molar-refractivity contribution in [2.75, 3.05) is 18.4 Å². The number of likely N-dealkylation sites (tertiary alicyclic amines) is 1. The van der Waals surface area contributed by atoms with Gasteiger partial charge < -0.3 is 11.1 Å². The van der Waals surface area contributed by atoms with E-state index in [1.54, 1.807) is 0 Å². The van der Waals surface area contributed by atoms with Crippen molar-refractivity contribution in [1.29, 1.82) is 0 Å². The molecule has 0 aromatic heterocycles. The minimum absolute atomic E-state index is 0. The van der Waals surface area contributed by atoms with Crippen LogP contribution in [0.15, 0.2) is 24.3 Å². The van der Waals surface area contributed by atoms with Gasteiger partial charge in [0.15, 0.2) is 0 Å². The van der Waals surface area contributed by atoms with Crippen LogP contribution in [0.3, 0.4) is 0 Å². The molecule has 1 saturated carbocycles. The maximum Gasteiger partial charge on any atom is 0.221 e. The topological polar surface area (TPSA) is 58.4 Å². The van der Waals surface area contributed by atoms with Gasteiger partial charge in [0.05, 0.1) is 0 Å². The first kappa shape index (κ1) is 16.3. The van der Waals surface area contributed by atoms with Gasteiger partial charge in [-0.15, -0.1) is 12.4 Å². The van der Waals surface area contributed by atoms with Gasteiger partial charge in [-0.2, -0.15) is 0 Å². The van der Waals surface area contributed by atoms with E-state index in [0.29, 0.717) is 12.0 Å². The van der Waals surface area contributed by atoms with Crippen molar-refractivity contribution < 1.29 is 4.79 Å². The maximum absolute atomic E-state index is 11.0. The van der Waals surface area contributed by atoms with E-state index in [1.807, 2.05) is 12.1 Å². The van der Waals surface area contributed by atoms with Gasteiger partial charge in [-0.1, -0.05) is 12.1 Å². The molecule has 3 rings (SSSR count). The number of hydrogen-bond acceptors (Lipinski definition) is 3. The summed E-state index contributed by atoms with van der Waals surface area (Å²) in [4.78, 5) is 13.5. The average Bonchev–Trinajstić information content (AvgIpc) is 2.94. The fourth-order valence-corrected chi connectivity index (χ4v) is 3.68. The second kappa shape index (κ2) is 6.77. The molecule has 1 aromatic carbocycles. The number of hydrogen-bond donors (Lipinski definition) is 2. The number of fused-ring (bicyclic) bond motifs is 1. The highest BCUT2D eigenvalue weighted by molar-refractivity contribution is 5.88. The summed E-state index contributed by atoms with van der Waals surface area (Å²) in [6, 6.07) is 8.55. The molecule has 1 heterocycles. The number of anilines is 1. The minimum atomic E-state index is -0.0286. The van der Waals surface area contributed by atoms with Crippen molar-refractivity contribution in [1.82, 2.24) is 4.90 Å². The van der Waals surface area contributed by atoms with Gasteiger partial charge in [-0.05, 0) is 42.4 Å². The zero-order chi connectivity index (χ0) is 14.1. The molecule has 2 fully saturated rings. The molecule has 0 bridgehead atoms. The Balaban J connectivity index is 0.00000161. The van der Waals surface area contributed by atoms with Crippen LogP contribution < -0.4 is 11.1 Å². The summed E-state index contributed by atoms with van der Waals surface area (Å²) in [6.45, 7) is 4.84. The predicted octanol–water partition coefficient (Wildman–Crippen LogP) is 2.24. The number of amides is 1. The molecule has 3 N–H and O–H groups in total. The monoisotopic (exact) mass is 309 g/mol. The van der Waals surface area contributed by atoms with E-state index in [9.17, 15) is 4.79 Å². The van der Waals surface area contributed by atoms with Crippen LogP contribution in [0.2, 0.25) is 0 Å². The van der Waals surface area contributed by atoms with Crippen LogP contribution in [0.1, 0.15) is 25.3 Å². The van der Waals surface area contributed by atoms with Gasteiger partial charge in [0.1, 0.15) is 0 Å². The van der Waals surface area contributed by atoms with Crippen molar-refractivity contribution in [2.24, 2.45) is 17.6 Å². The SMILES string of the molecule is CC(=O)Nc1ccc(CN2CC3CCC(N)C3C2)cc1.Cl. The van der Waals surface area contributed by atoms with Gasteiger partial charge in [0.2, 0.25) is 5.91 Å². The second-order valence-corrected chi connectivity index (χ2v) is 6.24. The predicted molar refractivity (Wildman–Crippen MR) is 87.5 cm³/mol. The first-order valence-electron chi connectivity index (χ1n) is 7.46.